The van der Waals surface area contributed by atoms with Gasteiger partial charge in [0.15, 0.2) is 0 Å². The number of aromatic nitrogens is 3. The zero-order valence-electron chi connectivity index (χ0n) is 10.9. The average Bonchev–Trinajstić information content (AvgIpc) is 2.96. The van der Waals surface area contributed by atoms with Crippen LogP contribution in [-0.2, 0) is 12.0 Å². The highest BCUT2D eigenvalue weighted by atomic mass is 15.3. The molecule has 0 bridgehead atoms. The number of nitrogen functional groups attached to an aromatic ring is 1. The minimum Gasteiger partial charge on any atom is -0.383 e. The van der Waals surface area contributed by atoms with Crippen molar-refractivity contribution in [2.45, 2.75) is 18.4 Å². The van der Waals surface area contributed by atoms with E-state index in [1.54, 1.807) is 12.3 Å². The van der Waals surface area contributed by atoms with Crippen LogP contribution in [0.25, 0.3) is 11.3 Å². The first-order valence-electron chi connectivity index (χ1n) is 6.67. The maximum atomic E-state index is 9.03. The highest BCUT2D eigenvalue weighted by Crippen LogP contribution is 2.39. The average molecular weight is 266 g/mol. The summed E-state index contributed by atoms with van der Waals surface area (Å²) in [5.74, 6) is 0.266. The molecule has 6 nitrogen and oxygen atoms in total. The van der Waals surface area contributed by atoms with Crippen molar-refractivity contribution in [3.8, 4) is 17.3 Å². The summed E-state index contributed by atoms with van der Waals surface area (Å²) >= 11 is 0. The lowest BCUT2D eigenvalue weighted by atomic mass is 9.77. The molecule has 0 unspecified atom stereocenters. The van der Waals surface area contributed by atoms with Crippen LogP contribution in [0.2, 0.25) is 0 Å². The summed E-state index contributed by atoms with van der Waals surface area (Å²) in [5.41, 5.74) is 9.33. The number of hydrogen-bond donors (Lipinski definition) is 2. The molecular formula is C14H14N6. The molecule has 100 valence electrons. The minimum absolute atomic E-state index is 0.266. The van der Waals surface area contributed by atoms with Crippen LogP contribution in [0.1, 0.15) is 17.7 Å². The van der Waals surface area contributed by atoms with Gasteiger partial charge in [-0.05, 0) is 18.6 Å². The van der Waals surface area contributed by atoms with Crippen molar-refractivity contribution in [2.75, 3.05) is 18.8 Å². The highest BCUT2D eigenvalue weighted by molar-refractivity contribution is 5.65. The van der Waals surface area contributed by atoms with E-state index >= 15 is 0 Å². The lowest BCUT2D eigenvalue weighted by Gasteiger charge is -2.38. The normalized spacial score (nSPS) is 18.6. The lowest BCUT2D eigenvalue weighted by Crippen LogP contribution is -2.55. The van der Waals surface area contributed by atoms with Crippen LogP contribution < -0.4 is 11.1 Å². The second-order valence-electron chi connectivity index (χ2n) is 5.54. The molecule has 3 N–H and O–H groups in total. The van der Waals surface area contributed by atoms with Gasteiger partial charge in [0, 0.05) is 42.5 Å². The molecule has 2 aromatic heterocycles. The quantitative estimate of drug-likeness (QED) is 0.790. The molecule has 0 aliphatic carbocycles. The molecule has 0 amide bonds. The second kappa shape index (κ2) is 3.81. The Kier molecular flexibility index (Phi) is 2.18. The molecule has 0 saturated carbocycles. The van der Waals surface area contributed by atoms with Crippen molar-refractivity contribution < 1.29 is 0 Å². The van der Waals surface area contributed by atoms with E-state index in [1.807, 2.05) is 0 Å². The van der Waals surface area contributed by atoms with Crippen molar-refractivity contribution in [1.29, 1.82) is 5.26 Å². The summed E-state index contributed by atoms with van der Waals surface area (Å²) in [6.07, 6.45) is 2.84. The van der Waals surface area contributed by atoms with Crippen LogP contribution in [0.3, 0.4) is 0 Å². The van der Waals surface area contributed by atoms with Gasteiger partial charge in [-0.25, -0.2) is 4.98 Å². The van der Waals surface area contributed by atoms with Gasteiger partial charge >= 0.3 is 0 Å². The Hall–Kier alpha value is -2.39. The lowest BCUT2D eigenvalue weighted by molar-refractivity contribution is 0.276. The predicted molar refractivity (Wildman–Crippen MR) is 73.8 cm³/mol. The van der Waals surface area contributed by atoms with Crippen molar-refractivity contribution in [2.24, 2.45) is 0 Å². The van der Waals surface area contributed by atoms with Crippen molar-refractivity contribution in [3.63, 3.8) is 0 Å². The highest BCUT2D eigenvalue weighted by Gasteiger charge is 2.45. The summed E-state index contributed by atoms with van der Waals surface area (Å²) in [4.78, 5) is 4.07. The van der Waals surface area contributed by atoms with Gasteiger partial charge in [-0.2, -0.15) is 10.4 Å². The molecule has 20 heavy (non-hydrogen) atoms. The number of hydrogen-bond acceptors (Lipinski definition) is 5. The van der Waals surface area contributed by atoms with Gasteiger partial charge in [-0.15, -0.1) is 0 Å². The maximum Gasteiger partial charge on any atom is 0.141 e. The van der Waals surface area contributed by atoms with Crippen LogP contribution >= 0.6 is 0 Å². The summed E-state index contributed by atoms with van der Waals surface area (Å²) < 4.78 is 2.08. The van der Waals surface area contributed by atoms with Crippen LogP contribution in [0, 0.1) is 11.3 Å². The van der Waals surface area contributed by atoms with Gasteiger partial charge in [-0.3, -0.25) is 4.68 Å². The Labute approximate surface area is 116 Å². The second-order valence-corrected chi connectivity index (χ2v) is 5.54. The zero-order valence-corrected chi connectivity index (χ0v) is 10.9. The van der Waals surface area contributed by atoms with Gasteiger partial charge in [-0.1, -0.05) is 0 Å². The van der Waals surface area contributed by atoms with E-state index in [0.717, 1.165) is 37.3 Å². The van der Waals surface area contributed by atoms with E-state index in [1.165, 1.54) is 5.69 Å². The van der Waals surface area contributed by atoms with E-state index in [9.17, 15) is 0 Å². The Morgan fingerprint density at radius 1 is 1.40 bits per heavy atom. The standard InChI is InChI=1S/C14H14N6/c15-5-9-3-10(6-18-13(9)16)11-4-12-14(7-17-8-14)1-2-20(12)19-11/h3-4,6,17H,1-2,7-8H2,(H2,16,18). The first-order valence-corrected chi connectivity index (χ1v) is 6.67. The number of nitrogens with one attached hydrogen (secondary N) is 1. The van der Waals surface area contributed by atoms with Crippen LogP contribution in [0.5, 0.6) is 0 Å². The number of pyridine rings is 1. The molecule has 2 aliphatic rings. The molecule has 4 heterocycles. The van der Waals surface area contributed by atoms with Crippen LogP contribution in [0.15, 0.2) is 18.3 Å². The molecule has 1 saturated heterocycles. The fraction of sp³-hybridized carbons (Fsp3) is 0.357. The number of fused-ring (bicyclic) bond motifs is 2. The van der Waals surface area contributed by atoms with E-state index in [2.05, 4.69) is 32.2 Å². The molecule has 1 fully saturated rings. The Balaban J connectivity index is 1.78. The molecule has 0 radical (unpaired) electrons. The van der Waals surface area contributed by atoms with Crippen molar-refractivity contribution in [1.82, 2.24) is 20.1 Å². The van der Waals surface area contributed by atoms with Gasteiger partial charge in [0.2, 0.25) is 0 Å². The number of rotatable bonds is 1. The van der Waals surface area contributed by atoms with E-state index in [-0.39, 0.29) is 11.2 Å². The minimum atomic E-state index is 0.266. The summed E-state index contributed by atoms with van der Waals surface area (Å²) in [6.45, 7) is 3.02. The summed E-state index contributed by atoms with van der Waals surface area (Å²) in [6, 6.07) is 5.94. The molecule has 0 aromatic carbocycles. The Morgan fingerprint density at radius 2 is 2.25 bits per heavy atom. The van der Waals surface area contributed by atoms with Gasteiger partial charge in [0.1, 0.15) is 11.9 Å². The van der Waals surface area contributed by atoms with Gasteiger partial charge < -0.3 is 11.1 Å². The first kappa shape index (κ1) is 11.4. The topological polar surface area (TPSA) is 92.5 Å². The molecule has 2 aliphatic heterocycles. The number of anilines is 1. The Morgan fingerprint density at radius 3 is 2.95 bits per heavy atom. The Bertz CT molecular complexity index is 735. The predicted octanol–water partition coefficient (Wildman–Crippen LogP) is 0.644. The summed E-state index contributed by atoms with van der Waals surface area (Å²) in [7, 11) is 0. The van der Waals surface area contributed by atoms with E-state index < -0.39 is 0 Å². The van der Waals surface area contributed by atoms with Crippen molar-refractivity contribution in [3.05, 3.63) is 29.6 Å². The molecule has 0 atom stereocenters. The van der Waals surface area contributed by atoms with E-state index in [0.29, 0.717) is 5.56 Å². The largest absolute Gasteiger partial charge is 0.383 e. The smallest absolute Gasteiger partial charge is 0.141 e. The number of aryl methyl sites for hydroxylation is 1. The van der Waals surface area contributed by atoms with Gasteiger partial charge in [0.25, 0.3) is 0 Å². The number of nitrogens with zero attached hydrogens (tertiary/aromatic N) is 4. The zero-order chi connectivity index (χ0) is 13.7. The third-order valence-corrected chi connectivity index (χ3v) is 4.39. The maximum absolute atomic E-state index is 9.03. The summed E-state index contributed by atoms with van der Waals surface area (Å²) in [5, 5.41) is 17.0. The van der Waals surface area contributed by atoms with E-state index in [4.69, 9.17) is 11.0 Å². The fourth-order valence-corrected chi connectivity index (χ4v) is 3.09. The molecule has 6 heteroatoms. The molecule has 4 rings (SSSR count). The van der Waals surface area contributed by atoms with Crippen LogP contribution in [0.4, 0.5) is 5.82 Å². The monoisotopic (exact) mass is 266 g/mol. The molecular weight excluding hydrogens is 252 g/mol. The number of nitrogens with two attached hydrogens (primary N) is 1. The van der Waals surface area contributed by atoms with Gasteiger partial charge in [0.05, 0.1) is 11.3 Å². The fourth-order valence-electron chi connectivity index (χ4n) is 3.09. The number of nitriles is 1. The van der Waals surface area contributed by atoms with Crippen molar-refractivity contribution >= 4 is 5.82 Å². The first-order chi connectivity index (χ1) is 9.72. The third kappa shape index (κ3) is 1.41. The van der Waals surface area contributed by atoms with Crippen LogP contribution in [-0.4, -0.2) is 27.9 Å². The SMILES string of the molecule is N#Cc1cc(-c2cc3n(n2)CCC32CNC2)cnc1N. The third-order valence-electron chi connectivity index (χ3n) is 4.39. The molecule has 1 spiro atoms. The molecule has 2 aromatic rings.